The number of imidazole rings is 1. The van der Waals surface area contributed by atoms with Crippen molar-refractivity contribution >= 4 is 22.1 Å². The van der Waals surface area contributed by atoms with E-state index in [1.807, 2.05) is 6.07 Å². The van der Waals surface area contributed by atoms with Crippen molar-refractivity contribution in [3.8, 4) is 17.1 Å². The molecule has 0 atom stereocenters. The molecule has 2 aromatic heterocycles. The lowest BCUT2D eigenvalue weighted by Crippen LogP contribution is -2.30. The number of oxazole rings is 1. The van der Waals surface area contributed by atoms with E-state index in [-0.39, 0.29) is 0 Å². The van der Waals surface area contributed by atoms with Gasteiger partial charge in [-0.05, 0) is 55.7 Å². The van der Waals surface area contributed by atoms with E-state index in [1.54, 1.807) is 0 Å². The van der Waals surface area contributed by atoms with Gasteiger partial charge in [-0.25, -0.2) is 9.55 Å². The molecule has 0 spiro atoms. The van der Waals surface area contributed by atoms with Crippen LogP contribution >= 0.6 is 0 Å². The summed E-state index contributed by atoms with van der Waals surface area (Å²) < 4.78 is 10.2. The van der Waals surface area contributed by atoms with Crippen molar-refractivity contribution in [2.24, 2.45) is 7.05 Å². The third-order valence-electron chi connectivity index (χ3n) is 5.61. The molecule has 0 amide bonds. The molecule has 0 aliphatic heterocycles. The van der Waals surface area contributed by atoms with E-state index in [0.29, 0.717) is 0 Å². The zero-order valence-corrected chi connectivity index (χ0v) is 16.5. The Labute approximate surface area is 163 Å². The topological polar surface area (TPSA) is 34.8 Å². The van der Waals surface area contributed by atoms with Gasteiger partial charge >= 0.3 is 0 Å². The average Bonchev–Trinajstić information content (AvgIpc) is 3.26. The van der Waals surface area contributed by atoms with Crippen LogP contribution in [0.3, 0.4) is 0 Å². The van der Waals surface area contributed by atoms with E-state index in [4.69, 9.17) is 4.42 Å². The van der Waals surface area contributed by atoms with Crippen LogP contribution < -0.4 is 4.57 Å². The van der Waals surface area contributed by atoms with Crippen molar-refractivity contribution in [1.82, 2.24) is 9.55 Å². The number of fused-ring (bicyclic) bond motifs is 2. The summed E-state index contributed by atoms with van der Waals surface area (Å²) in [6.07, 6.45) is 1.53. The molecule has 28 heavy (non-hydrogen) atoms. The number of para-hydroxylation sites is 3. The summed E-state index contributed by atoms with van der Waals surface area (Å²) in [6.45, 7) is 6.48. The fourth-order valence-electron chi connectivity index (χ4n) is 4.29. The van der Waals surface area contributed by atoms with Gasteiger partial charge in [0.05, 0.1) is 12.6 Å². The van der Waals surface area contributed by atoms with Gasteiger partial charge in [-0.3, -0.25) is 0 Å². The number of hydrogen-bond donors (Lipinski definition) is 0. The highest BCUT2D eigenvalue weighted by atomic mass is 16.3. The third-order valence-corrected chi connectivity index (χ3v) is 5.61. The van der Waals surface area contributed by atoms with Gasteiger partial charge in [-0.2, -0.15) is 4.57 Å². The number of nitrogens with zero attached hydrogens (tertiary/aromatic N) is 3. The standard InChI is InChI=1S/C24H22N3O/c1-15-12-13-20-22(25-14-28-20)21(15)24-26(4)18-10-5-6-11-19(18)27(24)23-16(2)8-7-9-17(23)3/h5-14H,1-4H3/q+1. The molecule has 5 aromatic rings. The molecular weight excluding hydrogens is 346 g/mol. The molecule has 0 unspecified atom stereocenters. The first-order valence-corrected chi connectivity index (χ1v) is 9.47. The second kappa shape index (κ2) is 6.06. The minimum Gasteiger partial charge on any atom is -0.443 e. The van der Waals surface area contributed by atoms with Crippen LogP contribution in [0, 0.1) is 20.8 Å². The molecular formula is C24H22N3O+. The molecule has 0 aliphatic rings. The van der Waals surface area contributed by atoms with Gasteiger partial charge in [0, 0.05) is 0 Å². The van der Waals surface area contributed by atoms with Crippen molar-refractivity contribution in [1.29, 1.82) is 0 Å². The molecule has 0 saturated heterocycles. The molecule has 0 bridgehead atoms. The summed E-state index contributed by atoms with van der Waals surface area (Å²) in [5.74, 6) is 1.11. The highest BCUT2D eigenvalue weighted by Gasteiger charge is 2.30. The molecule has 0 saturated carbocycles. The van der Waals surface area contributed by atoms with Crippen LogP contribution in [0.4, 0.5) is 0 Å². The Morgan fingerprint density at radius 1 is 0.857 bits per heavy atom. The Morgan fingerprint density at radius 2 is 1.61 bits per heavy atom. The maximum atomic E-state index is 5.61. The molecule has 138 valence electrons. The zero-order valence-electron chi connectivity index (χ0n) is 16.5. The van der Waals surface area contributed by atoms with Crippen LogP contribution in [0.2, 0.25) is 0 Å². The van der Waals surface area contributed by atoms with E-state index < -0.39 is 0 Å². The lowest BCUT2D eigenvalue weighted by atomic mass is 10.0. The van der Waals surface area contributed by atoms with Crippen molar-refractivity contribution in [2.75, 3.05) is 0 Å². The maximum Gasteiger partial charge on any atom is 0.297 e. The van der Waals surface area contributed by atoms with Gasteiger partial charge in [-0.1, -0.05) is 36.4 Å². The van der Waals surface area contributed by atoms with Crippen molar-refractivity contribution < 1.29 is 8.98 Å². The zero-order chi connectivity index (χ0) is 19.4. The summed E-state index contributed by atoms with van der Waals surface area (Å²) in [7, 11) is 2.13. The van der Waals surface area contributed by atoms with E-state index in [2.05, 4.69) is 90.5 Å². The summed E-state index contributed by atoms with van der Waals surface area (Å²) in [4.78, 5) is 4.55. The lowest BCUT2D eigenvalue weighted by Gasteiger charge is -2.11. The molecule has 4 nitrogen and oxygen atoms in total. The molecule has 4 heteroatoms. The highest BCUT2D eigenvalue weighted by Crippen LogP contribution is 2.35. The first kappa shape index (κ1) is 16.8. The van der Waals surface area contributed by atoms with Gasteiger partial charge in [0.15, 0.2) is 23.0 Å². The lowest BCUT2D eigenvalue weighted by molar-refractivity contribution is -0.633. The van der Waals surface area contributed by atoms with Crippen LogP contribution in [0.5, 0.6) is 0 Å². The molecule has 0 N–H and O–H groups in total. The maximum absolute atomic E-state index is 5.61. The Hall–Kier alpha value is -3.40. The monoisotopic (exact) mass is 368 g/mol. The fraction of sp³-hybridized carbons (Fsp3) is 0.167. The highest BCUT2D eigenvalue weighted by molar-refractivity contribution is 5.92. The quantitative estimate of drug-likeness (QED) is 0.402. The molecule has 5 rings (SSSR count). The smallest absolute Gasteiger partial charge is 0.297 e. The first-order chi connectivity index (χ1) is 13.6. The van der Waals surface area contributed by atoms with Crippen molar-refractivity contribution in [3.05, 3.63) is 77.7 Å². The van der Waals surface area contributed by atoms with Crippen LogP contribution in [-0.4, -0.2) is 9.55 Å². The van der Waals surface area contributed by atoms with E-state index in [0.717, 1.165) is 22.5 Å². The predicted molar refractivity (Wildman–Crippen MR) is 112 cm³/mol. The number of aromatic nitrogens is 3. The van der Waals surface area contributed by atoms with E-state index in [9.17, 15) is 0 Å². The van der Waals surface area contributed by atoms with Crippen molar-refractivity contribution in [2.45, 2.75) is 20.8 Å². The number of benzene rings is 3. The summed E-state index contributed by atoms with van der Waals surface area (Å²) in [5, 5.41) is 0. The second-order valence-corrected chi connectivity index (χ2v) is 7.40. The van der Waals surface area contributed by atoms with Crippen LogP contribution in [0.15, 0.2) is 65.4 Å². The first-order valence-electron chi connectivity index (χ1n) is 9.47. The predicted octanol–water partition coefficient (Wildman–Crippen LogP) is 5.19. The van der Waals surface area contributed by atoms with Crippen molar-refractivity contribution in [3.63, 3.8) is 0 Å². The Bertz CT molecular complexity index is 1340. The second-order valence-electron chi connectivity index (χ2n) is 7.40. The van der Waals surface area contributed by atoms with Crippen LogP contribution in [0.1, 0.15) is 16.7 Å². The van der Waals surface area contributed by atoms with Gasteiger partial charge in [0.25, 0.3) is 5.82 Å². The Kier molecular flexibility index (Phi) is 3.63. The van der Waals surface area contributed by atoms with Crippen LogP contribution in [0.25, 0.3) is 39.2 Å². The number of rotatable bonds is 2. The van der Waals surface area contributed by atoms with Crippen LogP contribution in [-0.2, 0) is 7.05 Å². The number of hydrogen-bond acceptors (Lipinski definition) is 2. The molecule has 2 heterocycles. The SMILES string of the molecule is Cc1cccc(C)c1-n1c(-c2c(C)ccc3ocnc23)[n+](C)c2ccccc21. The summed E-state index contributed by atoms with van der Waals surface area (Å²) in [6, 6.07) is 19.1. The van der Waals surface area contributed by atoms with E-state index >= 15 is 0 Å². The van der Waals surface area contributed by atoms with Gasteiger partial charge in [0.1, 0.15) is 11.2 Å². The minimum absolute atomic E-state index is 0.805. The number of aryl methyl sites for hydroxylation is 4. The third kappa shape index (κ3) is 2.24. The fourth-order valence-corrected chi connectivity index (χ4v) is 4.29. The molecule has 0 aliphatic carbocycles. The molecule has 3 aromatic carbocycles. The molecule has 0 radical (unpaired) electrons. The van der Waals surface area contributed by atoms with E-state index in [1.165, 1.54) is 39.8 Å². The van der Waals surface area contributed by atoms with Gasteiger partial charge < -0.3 is 4.42 Å². The summed E-state index contributed by atoms with van der Waals surface area (Å²) in [5.41, 5.74) is 10.0. The van der Waals surface area contributed by atoms with Gasteiger partial charge in [-0.15, -0.1) is 0 Å². The van der Waals surface area contributed by atoms with Gasteiger partial charge in [0.2, 0.25) is 0 Å². The largest absolute Gasteiger partial charge is 0.443 e. The average molecular weight is 368 g/mol. The Balaban J connectivity index is 2.02. The Morgan fingerprint density at radius 3 is 2.39 bits per heavy atom. The summed E-state index contributed by atoms with van der Waals surface area (Å²) >= 11 is 0. The normalized spacial score (nSPS) is 11.6. The molecule has 0 fully saturated rings. The minimum atomic E-state index is 0.805.